The first-order valence-corrected chi connectivity index (χ1v) is 5.18. The zero-order valence-electron chi connectivity index (χ0n) is 9.73. The predicted octanol–water partition coefficient (Wildman–Crippen LogP) is 1.04. The highest BCUT2D eigenvalue weighted by Crippen LogP contribution is 2.25. The highest BCUT2D eigenvalue weighted by molar-refractivity contribution is 5.70. The van der Waals surface area contributed by atoms with E-state index in [9.17, 15) is 0 Å². The minimum absolute atomic E-state index is 0.703. The van der Waals surface area contributed by atoms with Gasteiger partial charge in [0.25, 0.3) is 0 Å². The van der Waals surface area contributed by atoms with Crippen molar-refractivity contribution < 1.29 is 0 Å². The van der Waals surface area contributed by atoms with Crippen LogP contribution >= 0.6 is 0 Å². The number of hydrogen-bond donors (Lipinski definition) is 2. The number of aromatic nitrogens is 4. The number of nitrogens with zero attached hydrogens (tertiary/aromatic N) is 4. The maximum atomic E-state index is 6.00. The molecule has 2 aromatic rings. The summed E-state index contributed by atoms with van der Waals surface area (Å²) >= 11 is 0. The van der Waals surface area contributed by atoms with Crippen molar-refractivity contribution in [2.45, 2.75) is 13.3 Å². The molecular formula is C10H16N6. The lowest BCUT2D eigenvalue weighted by molar-refractivity contribution is 0.753. The van der Waals surface area contributed by atoms with Crippen LogP contribution in [0, 0.1) is 0 Å². The molecule has 0 saturated carbocycles. The van der Waals surface area contributed by atoms with E-state index in [0.29, 0.717) is 5.69 Å². The van der Waals surface area contributed by atoms with Crippen LogP contribution in [0.1, 0.15) is 12.6 Å². The van der Waals surface area contributed by atoms with E-state index in [-0.39, 0.29) is 0 Å². The zero-order chi connectivity index (χ0) is 11.7. The molecule has 0 aliphatic heterocycles. The Hall–Kier alpha value is -1.98. The Morgan fingerprint density at radius 1 is 1.44 bits per heavy atom. The highest BCUT2D eigenvalue weighted by Gasteiger charge is 2.12. The summed E-state index contributed by atoms with van der Waals surface area (Å²) in [6, 6.07) is 0. The lowest BCUT2D eigenvalue weighted by Crippen LogP contribution is -2.00. The number of nitrogen functional groups attached to an aromatic ring is 1. The van der Waals surface area contributed by atoms with Gasteiger partial charge in [-0.2, -0.15) is 10.2 Å². The lowest BCUT2D eigenvalue weighted by Gasteiger charge is -2.04. The summed E-state index contributed by atoms with van der Waals surface area (Å²) in [6.45, 7) is 2.03. The third-order valence-electron chi connectivity index (χ3n) is 2.46. The largest absolute Gasteiger partial charge is 0.394 e. The Balaban J connectivity index is 2.30. The fraction of sp³-hybridized carbons (Fsp3) is 0.400. The minimum atomic E-state index is 0.703. The Bertz CT molecular complexity index is 495. The van der Waals surface area contributed by atoms with Crippen LogP contribution in [0.15, 0.2) is 12.4 Å². The van der Waals surface area contributed by atoms with Gasteiger partial charge >= 0.3 is 0 Å². The summed E-state index contributed by atoms with van der Waals surface area (Å²) < 4.78 is 3.48. The van der Waals surface area contributed by atoms with Crippen LogP contribution in [0.3, 0.4) is 0 Å². The average molecular weight is 220 g/mol. The van der Waals surface area contributed by atoms with Crippen LogP contribution in [0.25, 0.3) is 0 Å². The smallest absolute Gasteiger partial charge is 0.152 e. The summed E-state index contributed by atoms with van der Waals surface area (Å²) in [6.07, 6.45) is 4.46. The highest BCUT2D eigenvalue weighted by atomic mass is 15.3. The molecule has 2 heterocycles. The van der Waals surface area contributed by atoms with Gasteiger partial charge in [0.2, 0.25) is 0 Å². The molecule has 0 bridgehead atoms. The number of nitrogens with two attached hydrogens (primary N) is 1. The molecule has 2 aromatic heterocycles. The Morgan fingerprint density at radius 3 is 2.69 bits per heavy atom. The van der Waals surface area contributed by atoms with Gasteiger partial charge in [-0.3, -0.25) is 9.36 Å². The predicted molar refractivity (Wildman–Crippen MR) is 63.5 cm³/mol. The van der Waals surface area contributed by atoms with Gasteiger partial charge in [-0.15, -0.1) is 0 Å². The molecule has 0 aliphatic rings. The fourth-order valence-electron chi connectivity index (χ4n) is 1.63. The van der Waals surface area contributed by atoms with Crippen molar-refractivity contribution in [3.8, 4) is 0 Å². The van der Waals surface area contributed by atoms with Crippen LogP contribution in [-0.4, -0.2) is 19.6 Å². The van der Waals surface area contributed by atoms with Gasteiger partial charge < -0.3 is 11.1 Å². The molecular weight excluding hydrogens is 204 g/mol. The quantitative estimate of drug-likeness (QED) is 0.810. The molecule has 6 nitrogen and oxygen atoms in total. The average Bonchev–Trinajstić information content (AvgIpc) is 2.77. The minimum Gasteiger partial charge on any atom is -0.394 e. The van der Waals surface area contributed by atoms with Gasteiger partial charge in [0, 0.05) is 20.3 Å². The lowest BCUT2D eigenvalue weighted by atomic mass is 10.3. The molecule has 0 radical (unpaired) electrons. The van der Waals surface area contributed by atoms with Gasteiger partial charge in [0.05, 0.1) is 23.3 Å². The summed E-state index contributed by atoms with van der Waals surface area (Å²) in [5, 5.41) is 11.6. The third-order valence-corrected chi connectivity index (χ3v) is 2.46. The summed E-state index contributed by atoms with van der Waals surface area (Å²) in [5.41, 5.74) is 8.51. The Kier molecular flexibility index (Phi) is 2.55. The summed E-state index contributed by atoms with van der Waals surface area (Å²) in [5.74, 6) is 0.810. The topological polar surface area (TPSA) is 73.7 Å². The van der Waals surface area contributed by atoms with E-state index < -0.39 is 0 Å². The molecule has 0 aliphatic carbocycles. The molecule has 86 valence electrons. The number of anilines is 3. The second-order valence-corrected chi connectivity index (χ2v) is 3.71. The monoisotopic (exact) mass is 220 g/mol. The molecule has 0 aromatic carbocycles. The van der Waals surface area contributed by atoms with E-state index in [1.165, 1.54) is 0 Å². The van der Waals surface area contributed by atoms with E-state index >= 15 is 0 Å². The second kappa shape index (κ2) is 3.88. The van der Waals surface area contributed by atoms with Crippen LogP contribution in [-0.2, 0) is 20.5 Å². The number of hydrogen-bond acceptors (Lipinski definition) is 4. The van der Waals surface area contributed by atoms with Crippen molar-refractivity contribution in [3.05, 3.63) is 18.1 Å². The fourth-order valence-corrected chi connectivity index (χ4v) is 1.63. The maximum Gasteiger partial charge on any atom is 0.152 e. The van der Waals surface area contributed by atoms with Gasteiger partial charge in [0.15, 0.2) is 5.82 Å². The standard InChI is InChI=1S/C10H16N6/c1-4-8-9(11)10(16(3)14-8)13-7-5-12-15(2)6-7/h5-6,13H,4,11H2,1-3H3. The molecule has 16 heavy (non-hydrogen) atoms. The molecule has 0 amide bonds. The van der Waals surface area contributed by atoms with Crippen molar-refractivity contribution in [2.24, 2.45) is 14.1 Å². The molecule has 3 N–H and O–H groups in total. The van der Waals surface area contributed by atoms with Crippen LogP contribution < -0.4 is 11.1 Å². The summed E-state index contributed by atoms with van der Waals surface area (Å²) in [7, 11) is 3.74. The van der Waals surface area contributed by atoms with Crippen molar-refractivity contribution in [3.63, 3.8) is 0 Å². The first-order valence-electron chi connectivity index (χ1n) is 5.18. The van der Waals surface area contributed by atoms with Gasteiger partial charge in [-0.25, -0.2) is 0 Å². The van der Waals surface area contributed by atoms with E-state index in [1.807, 2.05) is 27.2 Å². The van der Waals surface area contributed by atoms with Crippen LogP contribution in [0.5, 0.6) is 0 Å². The molecule has 0 saturated heterocycles. The number of aryl methyl sites for hydroxylation is 3. The van der Waals surface area contributed by atoms with Gasteiger partial charge in [-0.05, 0) is 6.42 Å². The SMILES string of the molecule is CCc1nn(C)c(Nc2cnn(C)c2)c1N. The van der Waals surface area contributed by atoms with Gasteiger partial charge in [-0.1, -0.05) is 6.92 Å². The maximum absolute atomic E-state index is 6.00. The molecule has 0 atom stereocenters. The summed E-state index contributed by atoms with van der Waals surface area (Å²) in [4.78, 5) is 0. The number of rotatable bonds is 3. The van der Waals surface area contributed by atoms with Crippen molar-refractivity contribution in [2.75, 3.05) is 11.1 Å². The van der Waals surface area contributed by atoms with Crippen molar-refractivity contribution in [1.82, 2.24) is 19.6 Å². The van der Waals surface area contributed by atoms with Crippen molar-refractivity contribution >= 4 is 17.2 Å². The Labute approximate surface area is 94.1 Å². The second-order valence-electron chi connectivity index (χ2n) is 3.71. The van der Waals surface area contributed by atoms with Crippen LogP contribution in [0.4, 0.5) is 17.2 Å². The molecule has 2 rings (SSSR count). The Morgan fingerprint density at radius 2 is 2.19 bits per heavy atom. The molecule has 0 fully saturated rings. The first kappa shape index (κ1) is 10.5. The first-order chi connectivity index (χ1) is 7.61. The third kappa shape index (κ3) is 1.73. The van der Waals surface area contributed by atoms with Gasteiger partial charge in [0.1, 0.15) is 0 Å². The van der Waals surface area contributed by atoms with E-state index in [2.05, 4.69) is 15.5 Å². The van der Waals surface area contributed by atoms with E-state index in [0.717, 1.165) is 23.6 Å². The van der Waals surface area contributed by atoms with Crippen molar-refractivity contribution in [1.29, 1.82) is 0 Å². The normalized spacial score (nSPS) is 10.7. The van der Waals surface area contributed by atoms with Crippen LogP contribution in [0.2, 0.25) is 0 Å². The molecule has 6 heteroatoms. The zero-order valence-corrected chi connectivity index (χ0v) is 9.73. The number of nitrogens with one attached hydrogen (secondary N) is 1. The van der Waals surface area contributed by atoms with E-state index in [1.54, 1.807) is 15.6 Å². The van der Waals surface area contributed by atoms with E-state index in [4.69, 9.17) is 5.73 Å². The molecule has 0 spiro atoms. The molecule has 0 unspecified atom stereocenters.